The Labute approximate surface area is 108 Å². The fraction of sp³-hybridized carbons (Fsp3) is 0.250. The first kappa shape index (κ1) is 12.5. The molecule has 0 heterocycles. The van der Waals surface area contributed by atoms with Gasteiger partial charge in [-0.15, -0.1) is 0 Å². The third kappa shape index (κ3) is 2.65. The Kier molecular flexibility index (Phi) is 3.28. The van der Waals surface area contributed by atoms with Crippen molar-refractivity contribution in [3.05, 3.63) is 54.1 Å². The third-order valence-corrected chi connectivity index (χ3v) is 2.78. The van der Waals surface area contributed by atoms with Gasteiger partial charge in [-0.25, -0.2) is 0 Å². The lowest BCUT2D eigenvalue weighted by molar-refractivity contribution is 0.402. The summed E-state index contributed by atoms with van der Waals surface area (Å²) in [6.45, 7) is 6.42. The summed E-state index contributed by atoms with van der Waals surface area (Å²) in [6, 6.07) is 14.9. The van der Waals surface area contributed by atoms with E-state index in [1.54, 1.807) is 18.2 Å². The van der Waals surface area contributed by atoms with Gasteiger partial charge < -0.3 is 9.84 Å². The maximum absolute atomic E-state index is 9.74. The van der Waals surface area contributed by atoms with Crippen LogP contribution < -0.4 is 4.74 Å². The van der Waals surface area contributed by atoms with Gasteiger partial charge in [0, 0.05) is 5.56 Å². The minimum absolute atomic E-state index is 0.000985. The molecule has 0 aromatic heterocycles. The van der Waals surface area contributed by atoms with Crippen LogP contribution in [0.5, 0.6) is 17.2 Å². The van der Waals surface area contributed by atoms with Crippen molar-refractivity contribution in [3.8, 4) is 17.2 Å². The molecule has 94 valence electrons. The molecule has 0 unspecified atom stereocenters. The van der Waals surface area contributed by atoms with Crippen molar-refractivity contribution in [3.63, 3.8) is 0 Å². The van der Waals surface area contributed by atoms with E-state index in [0.29, 0.717) is 5.75 Å². The first-order valence-electron chi connectivity index (χ1n) is 6.04. The largest absolute Gasteiger partial charge is 0.504 e. The molecule has 0 bridgehead atoms. The second-order valence-corrected chi connectivity index (χ2v) is 5.32. The fourth-order valence-electron chi connectivity index (χ4n) is 1.84. The summed E-state index contributed by atoms with van der Waals surface area (Å²) < 4.78 is 5.82. The summed E-state index contributed by atoms with van der Waals surface area (Å²) in [5, 5.41) is 9.74. The predicted molar refractivity (Wildman–Crippen MR) is 73.3 cm³/mol. The van der Waals surface area contributed by atoms with Gasteiger partial charge in [0.2, 0.25) is 0 Å². The summed E-state index contributed by atoms with van der Waals surface area (Å²) in [5.74, 6) is 1.42. The van der Waals surface area contributed by atoms with Crippen LogP contribution in [-0.4, -0.2) is 5.11 Å². The smallest absolute Gasteiger partial charge is 0.169 e. The van der Waals surface area contributed by atoms with Crippen molar-refractivity contribution in [2.45, 2.75) is 26.2 Å². The Bertz CT molecular complexity index is 539. The molecule has 0 atom stereocenters. The lowest BCUT2D eigenvalue weighted by atomic mass is 9.86. The molecular formula is C16H18O2. The van der Waals surface area contributed by atoms with Gasteiger partial charge in [-0.2, -0.15) is 0 Å². The topological polar surface area (TPSA) is 29.5 Å². The van der Waals surface area contributed by atoms with Gasteiger partial charge >= 0.3 is 0 Å². The second-order valence-electron chi connectivity index (χ2n) is 5.32. The number of benzene rings is 2. The summed E-state index contributed by atoms with van der Waals surface area (Å²) in [4.78, 5) is 0. The first-order valence-corrected chi connectivity index (χ1v) is 6.04. The predicted octanol–water partition coefficient (Wildman–Crippen LogP) is 4.48. The Morgan fingerprint density at radius 2 is 1.39 bits per heavy atom. The van der Waals surface area contributed by atoms with Crippen LogP contribution in [0, 0.1) is 0 Å². The summed E-state index contributed by atoms with van der Waals surface area (Å²) >= 11 is 0. The Balaban J connectivity index is 2.39. The van der Waals surface area contributed by atoms with Crippen molar-refractivity contribution in [2.75, 3.05) is 0 Å². The zero-order valence-corrected chi connectivity index (χ0v) is 11.0. The quantitative estimate of drug-likeness (QED) is 0.841. The Hall–Kier alpha value is -1.96. The van der Waals surface area contributed by atoms with E-state index < -0.39 is 0 Å². The first-order chi connectivity index (χ1) is 8.48. The van der Waals surface area contributed by atoms with Crippen LogP contribution in [0.25, 0.3) is 0 Å². The van der Waals surface area contributed by atoms with Crippen LogP contribution >= 0.6 is 0 Å². The number of rotatable bonds is 2. The van der Waals surface area contributed by atoms with Crippen LogP contribution in [-0.2, 0) is 5.41 Å². The monoisotopic (exact) mass is 242 g/mol. The molecule has 0 saturated heterocycles. The highest BCUT2D eigenvalue weighted by molar-refractivity contribution is 5.45. The lowest BCUT2D eigenvalue weighted by Crippen LogP contribution is -2.12. The zero-order chi connectivity index (χ0) is 13.2. The highest BCUT2D eigenvalue weighted by Crippen LogP contribution is 2.36. The van der Waals surface area contributed by atoms with Crippen LogP contribution in [0.15, 0.2) is 48.5 Å². The zero-order valence-electron chi connectivity index (χ0n) is 11.0. The highest BCUT2D eigenvalue weighted by atomic mass is 16.5. The molecule has 2 heteroatoms. The summed E-state index contributed by atoms with van der Waals surface area (Å²) in [7, 11) is 0. The molecule has 18 heavy (non-hydrogen) atoms. The number of hydrogen-bond donors (Lipinski definition) is 1. The number of aromatic hydroxyl groups is 1. The van der Waals surface area contributed by atoms with Crippen molar-refractivity contribution >= 4 is 0 Å². The SMILES string of the molecule is CC(C)(C)c1ccccc1Oc1ccccc1O. The number of para-hydroxylation sites is 3. The molecule has 0 fully saturated rings. The standard InChI is InChI=1S/C16H18O2/c1-16(2,3)12-8-4-6-10-14(12)18-15-11-7-5-9-13(15)17/h4-11,17H,1-3H3. The number of phenolic OH excluding ortho intramolecular Hbond substituents is 1. The number of phenols is 1. The van der Waals surface area contributed by atoms with E-state index in [2.05, 4.69) is 26.8 Å². The van der Waals surface area contributed by atoms with Crippen LogP contribution in [0.3, 0.4) is 0 Å². The number of hydrogen-bond acceptors (Lipinski definition) is 2. The molecule has 0 spiro atoms. The van der Waals surface area contributed by atoms with Crippen molar-refractivity contribution < 1.29 is 9.84 Å². The normalized spacial score (nSPS) is 11.3. The molecule has 0 aliphatic rings. The van der Waals surface area contributed by atoms with E-state index >= 15 is 0 Å². The third-order valence-electron chi connectivity index (χ3n) is 2.78. The molecule has 0 radical (unpaired) electrons. The van der Waals surface area contributed by atoms with E-state index in [4.69, 9.17) is 4.74 Å². The maximum Gasteiger partial charge on any atom is 0.169 e. The average Bonchev–Trinajstić information content (AvgIpc) is 2.31. The molecule has 2 rings (SSSR count). The Morgan fingerprint density at radius 1 is 0.833 bits per heavy atom. The van der Waals surface area contributed by atoms with E-state index in [1.807, 2.05) is 24.3 Å². The van der Waals surface area contributed by atoms with E-state index in [1.165, 1.54) is 0 Å². The van der Waals surface area contributed by atoms with E-state index in [-0.39, 0.29) is 11.2 Å². The fourth-order valence-corrected chi connectivity index (χ4v) is 1.84. The van der Waals surface area contributed by atoms with Gasteiger partial charge in [-0.3, -0.25) is 0 Å². The molecule has 2 aromatic rings. The van der Waals surface area contributed by atoms with Crippen LogP contribution in [0.2, 0.25) is 0 Å². The van der Waals surface area contributed by atoms with Crippen molar-refractivity contribution in [1.29, 1.82) is 0 Å². The lowest BCUT2D eigenvalue weighted by Gasteiger charge is -2.22. The summed E-state index contributed by atoms with van der Waals surface area (Å²) in [6.07, 6.45) is 0. The van der Waals surface area contributed by atoms with E-state index in [0.717, 1.165) is 11.3 Å². The van der Waals surface area contributed by atoms with Gasteiger partial charge in [-0.1, -0.05) is 51.1 Å². The maximum atomic E-state index is 9.74. The van der Waals surface area contributed by atoms with Gasteiger partial charge in [0.05, 0.1) is 0 Å². The Morgan fingerprint density at radius 3 is 2.00 bits per heavy atom. The minimum Gasteiger partial charge on any atom is -0.504 e. The van der Waals surface area contributed by atoms with E-state index in [9.17, 15) is 5.11 Å². The summed E-state index contributed by atoms with van der Waals surface area (Å²) in [5.41, 5.74) is 1.12. The molecule has 1 N–H and O–H groups in total. The van der Waals surface area contributed by atoms with Crippen molar-refractivity contribution in [2.24, 2.45) is 0 Å². The van der Waals surface area contributed by atoms with Crippen molar-refractivity contribution in [1.82, 2.24) is 0 Å². The van der Waals surface area contributed by atoms with Gasteiger partial charge in [-0.05, 0) is 23.6 Å². The second kappa shape index (κ2) is 4.73. The molecular weight excluding hydrogens is 224 g/mol. The highest BCUT2D eigenvalue weighted by Gasteiger charge is 2.19. The van der Waals surface area contributed by atoms with Crippen LogP contribution in [0.4, 0.5) is 0 Å². The molecule has 0 amide bonds. The number of ether oxygens (including phenoxy) is 1. The van der Waals surface area contributed by atoms with Gasteiger partial charge in [0.1, 0.15) is 5.75 Å². The van der Waals surface area contributed by atoms with Gasteiger partial charge in [0.15, 0.2) is 11.5 Å². The molecule has 0 aliphatic carbocycles. The average molecular weight is 242 g/mol. The molecule has 2 aromatic carbocycles. The molecule has 0 aliphatic heterocycles. The molecule has 0 saturated carbocycles. The van der Waals surface area contributed by atoms with Crippen LogP contribution in [0.1, 0.15) is 26.3 Å². The molecule has 2 nitrogen and oxygen atoms in total. The van der Waals surface area contributed by atoms with Gasteiger partial charge in [0.25, 0.3) is 0 Å². The minimum atomic E-state index is 0.000985.